The monoisotopic (exact) mass is 312 g/mol. The molecule has 4 N–H and O–H groups in total. The molecule has 0 unspecified atom stereocenters. The maximum Gasteiger partial charge on any atom is 0.307 e. The number of hydrazone groups is 1. The lowest BCUT2D eigenvalue weighted by atomic mass is 10.2. The van der Waals surface area contributed by atoms with Gasteiger partial charge in [-0.2, -0.15) is 5.10 Å². The summed E-state index contributed by atoms with van der Waals surface area (Å²) in [6.45, 7) is 0. The number of nitrogens with one attached hydrogen (secondary N) is 1. The van der Waals surface area contributed by atoms with Crippen LogP contribution in [0.3, 0.4) is 0 Å². The highest BCUT2D eigenvalue weighted by molar-refractivity contribution is 5.97. The van der Waals surface area contributed by atoms with Gasteiger partial charge in [0.2, 0.25) is 0 Å². The van der Waals surface area contributed by atoms with Crippen molar-refractivity contribution in [3.05, 3.63) is 53.8 Å². The van der Waals surface area contributed by atoms with Gasteiger partial charge in [-0.1, -0.05) is 18.2 Å². The van der Waals surface area contributed by atoms with Crippen molar-refractivity contribution in [1.29, 1.82) is 0 Å². The minimum atomic E-state index is -0.574. The zero-order valence-corrected chi connectivity index (χ0v) is 11.7. The zero-order valence-electron chi connectivity index (χ0n) is 11.7. The summed E-state index contributed by atoms with van der Waals surface area (Å²) in [5.74, 6) is -1.52. The van der Waals surface area contributed by atoms with Crippen molar-refractivity contribution in [2.45, 2.75) is 0 Å². The molecule has 1 aromatic heterocycles. The van der Waals surface area contributed by atoms with Crippen LogP contribution in [0.25, 0.3) is 11.0 Å². The number of hydrogen-bond acceptors (Lipinski definition) is 6. The van der Waals surface area contributed by atoms with E-state index < -0.39 is 5.91 Å². The Labute approximate surface area is 130 Å². The number of furan rings is 1. The van der Waals surface area contributed by atoms with Crippen LogP contribution in [-0.4, -0.2) is 27.4 Å². The van der Waals surface area contributed by atoms with Gasteiger partial charge in [-0.05, 0) is 12.1 Å². The normalized spacial score (nSPS) is 11.1. The third-order valence-electron chi connectivity index (χ3n) is 3.13. The van der Waals surface area contributed by atoms with Crippen LogP contribution in [0.2, 0.25) is 0 Å². The van der Waals surface area contributed by atoms with Gasteiger partial charge in [0.1, 0.15) is 22.8 Å². The summed E-state index contributed by atoms with van der Waals surface area (Å²) >= 11 is 0. The quantitative estimate of drug-likeness (QED) is 0.437. The van der Waals surface area contributed by atoms with E-state index in [-0.39, 0.29) is 28.6 Å². The van der Waals surface area contributed by atoms with Crippen LogP contribution in [0.1, 0.15) is 16.1 Å². The number of aromatic hydroxyl groups is 3. The molecule has 0 saturated carbocycles. The lowest BCUT2D eigenvalue weighted by Gasteiger charge is -2.03. The van der Waals surface area contributed by atoms with Gasteiger partial charge < -0.3 is 19.7 Å². The molecule has 3 rings (SSSR count). The van der Waals surface area contributed by atoms with Gasteiger partial charge >= 0.3 is 5.91 Å². The molecule has 0 aliphatic heterocycles. The molecule has 0 atom stereocenters. The predicted molar refractivity (Wildman–Crippen MR) is 82.7 cm³/mol. The predicted octanol–water partition coefficient (Wildman–Crippen LogP) is 2.31. The Morgan fingerprint density at radius 2 is 1.78 bits per heavy atom. The number of benzene rings is 2. The summed E-state index contributed by atoms with van der Waals surface area (Å²) in [6, 6.07) is 10.8. The number of fused-ring (bicyclic) bond motifs is 1. The fourth-order valence-electron chi connectivity index (χ4n) is 2.05. The highest BCUT2D eigenvalue weighted by Crippen LogP contribution is 2.30. The number of hydrogen-bond donors (Lipinski definition) is 4. The average Bonchev–Trinajstić information content (AvgIpc) is 2.93. The summed E-state index contributed by atoms with van der Waals surface area (Å²) in [5, 5.41) is 32.9. The molecule has 116 valence electrons. The second kappa shape index (κ2) is 5.72. The smallest absolute Gasteiger partial charge is 0.307 e. The minimum Gasteiger partial charge on any atom is -0.508 e. The van der Waals surface area contributed by atoms with Crippen LogP contribution in [-0.2, 0) is 0 Å². The average molecular weight is 312 g/mol. The summed E-state index contributed by atoms with van der Waals surface area (Å²) < 4.78 is 5.38. The van der Waals surface area contributed by atoms with Gasteiger partial charge in [-0.25, -0.2) is 5.43 Å². The Kier molecular flexibility index (Phi) is 3.60. The van der Waals surface area contributed by atoms with E-state index in [0.29, 0.717) is 5.58 Å². The van der Waals surface area contributed by atoms with Crippen LogP contribution in [0.5, 0.6) is 17.2 Å². The van der Waals surface area contributed by atoms with Crippen molar-refractivity contribution in [2.24, 2.45) is 5.10 Å². The summed E-state index contributed by atoms with van der Waals surface area (Å²) in [6.07, 6.45) is 1.06. The SMILES string of the molecule is O=C(N/N=C/c1c(O)cc(O)cc1O)c1cc2ccccc2o1. The van der Waals surface area contributed by atoms with Crippen molar-refractivity contribution in [3.8, 4) is 17.2 Å². The van der Waals surface area contributed by atoms with Gasteiger partial charge in [0.15, 0.2) is 5.76 Å². The lowest BCUT2D eigenvalue weighted by molar-refractivity contribution is 0.0929. The minimum absolute atomic E-state index is 0.0345. The third kappa shape index (κ3) is 2.93. The van der Waals surface area contributed by atoms with Crippen LogP contribution in [0.15, 0.2) is 52.0 Å². The van der Waals surface area contributed by atoms with E-state index in [4.69, 9.17) is 4.42 Å². The van der Waals surface area contributed by atoms with E-state index in [2.05, 4.69) is 10.5 Å². The van der Waals surface area contributed by atoms with Crippen LogP contribution in [0, 0.1) is 0 Å². The molecule has 23 heavy (non-hydrogen) atoms. The molecule has 2 aromatic carbocycles. The maximum atomic E-state index is 11.9. The molecule has 7 nitrogen and oxygen atoms in total. The molecule has 0 fully saturated rings. The molecule has 0 radical (unpaired) electrons. The van der Waals surface area contributed by atoms with Gasteiger partial charge in [0, 0.05) is 17.5 Å². The van der Waals surface area contributed by atoms with Gasteiger partial charge in [-0.3, -0.25) is 4.79 Å². The first-order valence-corrected chi connectivity index (χ1v) is 6.61. The summed E-state index contributed by atoms with van der Waals surface area (Å²) in [5.41, 5.74) is 2.77. The largest absolute Gasteiger partial charge is 0.508 e. The first-order chi connectivity index (χ1) is 11.0. The second-order valence-corrected chi connectivity index (χ2v) is 4.75. The third-order valence-corrected chi connectivity index (χ3v) is 3.13. The molecule has 7 heteroatoms. The number of carbonyl (C=O) groups excluding carboxylic acids is 1. The Morgan fingerprint density at radius 3 is 2.48 bits per heavy atom. The second-order valence-electron chi connectivity index (χ2n) is 4.75. The van der Waals surface area contributed by atoms with E-state index in [9.17, 15) is 20.1 Å². The Hall–Kier alpha value is -3.48. The van der Waals surface area contributed by atoms with E-state index in [1.54, 1.807) is 18.2 Å². The maximum absolute atomic E-state index is 11.9. The first kappa shape index (κ1) is 14.5. The molecular weight excluding hydrogens is 300 g/mol. The van der Waals surface area contributed by atoms with Gasteiger partial charge in [0.05, 0.1) is 11.8 Å². The van der Waals surface area contributed by atoms with Gasteiger partial charge in [0.25, 0.3) is 0 Å². The number of rotatable bonds is 3. The number of carbonyl (C=O) groups is 1. The van der Waals surface area contributed by atoms with Crippen LogP contribution < -0.4 is 5.43 Å². The van der Waals surface area contributed by atoms with Crippen molar-refractivity contribution in [1.82, 2.24) is 5.43 Å². The number of phenolic OH excluding ortho intramolecular Hbond substituents is 3. The van der Waals surface area contributed by atoms with E-state index in [0.717, 1.165) is 23.7 Å². The number of para-hydroxylation sites is 1. The van der Waals surface area contributed by atoms with Gasteiger partial charge in [-0.15, -0.1) is 0 Å². The molecule has 0 spiro atoms. The van der Waals surface area contributed by atoms with Crippen molar-refractivity contribution in [3.63, 3.8) is 0 Å². The summed E-state index contributed by atoms with van der Waals surface area (Å²) in [4.78, 5) is 11.9. The number of phenols is 3. The van der Waals surface area contributed by atoms with Crippen molar-refractivity contribution < 1.29 is 24.5 Å². The molecule has 0 saturated heterocycles. The standard InChI is InChI=1S/C16H12N2O5/c19-10-6-12(20)11(13(21)7-10)8-17-18-16(22)15-5-9-3-1-2-4-14(9)23-15/h1-8,19-21H,(H,18,22)/b17-8+. The first-order valence-electron chi connectivity index (χ1n) is 6.61. The highest BCUT2D eigenvalue weighted by atomic mass is 16.3. The fraction of sp³-hybridized carbons (Fsp3) is 0. The molecule has 0 aliphatic carbocycles. The van der Waals surface area contributed by atoms with E-state index >= 15 is 0 Å². The number of nitrogens with zero attached hydrogens (tertiary/aromatic N) is 1. The van der Waals surface area contributed by atoms with Crippen LogP contribution >= 0.6 is 0 Å². The molecule has 1 heterocycles. The topological polar surface area (TPSA) is 115 Å². The zero-order chi connectivity index (χ0) is 16.4. The lowest BCUT2D eigenvalue weighted by Crippen LogP contribution is -2.16. The Bertz CT molecular complexity index is 858. The molecule has 1 amide bonds. The Morgan fingerprint density at radius 1 is 1.09 bits per heavy atom. The Balaban J connectivity index is 1.76. The van der Waals surface area contributed by atoms with E-state index in [1.165, 1.54) is 0 Å². The van der Waals surface area contributed by atoms with Crippen LogP contribution in [0.4, 0.5) is 0 Å². The number of amides is 1. The molecular formula is C16H12N2O5. The molecule has 0 aliphatic rings. The summed E-state index contributed by atoms with van der Waals surface area (Å²) in [7, 11) is 0. The molecule has 3 aromatic rings. The van der Waals surface area contributed by atoms with Crippen molar-refractivity contribution in [2.75, 3.05) is 0 Å². The van der Waals surface area contributed by atoms with E-state index in [1.807, 2.05) is 12.1 Å². The highest BCUT2D eigenvalue weighted by Gasteiger charge is 2.12. The molecule has 0 bridgehead atoms. The fourth-order valence-corrected chi connectivity index (χ4v) is 2.05. The van der Waals surface area contributed by atoms with Crippen molar-refractivity contribution >= 4 is 23.1 Å².